The number of rotatable bonds is 6. The molecule has 3 aliphatic heterocycles. The number of nitrogens with zero attached hydrogens (tertiary/aromatic N) is 3. The molecule has 0 bridgehead atoms. The fourth-order valence-corrected chi connectivity index (χ4v) is 5.66. The topological polar surface area (TPSA) is 62.3 Å². The Morgan fingerprint density at radius 2 is 1.76 bits per heavy atom. The van der Waals surface area contributed by atoms with Gasteiger partial charge in [0, 0.05) is 45.3 Å². The number of amides is 2. The molecule has 2 amide bonds. The molecule has 34 heavy (non-hydrogen) atoms. The summed E-state index contributed by atoms with van der Waals surface area (Å²) in [5.41, 5.74) is 0.102. The summed E-state index contributed by atoms with van der Waals surface area (Å²) in [7, 11) is 0. The molecular weight excluding hydrogens is 444 g/mol. The minimum atomic E-state index is -3.01. The Labute approximate surface area is 200 Å². The van der Waals surface area contributed by atoms with Crippen LogP contribution in [0.1, 0.15) is 49.9 Å². The number of alkyl halides is 2. The van der Waals surface area contributed by atoms with Crippen LogP contribution in [0.3, 0.4) is 0 Å². The quantitative estimate of drug-likeness (QED) is 0.627. The van der Waals surface area contributed by atoms with Crippen molar-refractivity contribution in [3.8, 4) is 5.75 Å². The van der Waals surface area contributed by atoms with Crippen LogP contribution in [0.2, 0.25) is 0 Å². The van der Waals surface area contributed by atoms with Gasteiger partial charge in [0.2, 0.25) is 5.91 Å². The van der Waals surface area contributed by atoms with Crippen LogP contribution >= 0.6 is 0 Å². The summed E-state index contributed by atoms with van der Waals surface area (Å²) in [4.78, 5) is 32.7. The van der Waals surface area contributed by atoms with Gasteiger partial charge in [0.1, 0.15) is 5.75 Å². The molecule has 1 aromatic rings. The summed E-state index contributed by atoms with van der Waals surface area (Å²) >= 11 is 0. The SMILES string of the molecule is CC1CN(CC2CCCN2C(=O)C2CCCN(C(=O)c3ccccc3OC(F)F)C2)CC(C)O1. The second kappa shape index (κ2) is 11.0. The highest BCUT2D eigenvalue weighted by Gasteiger charge is 2.38. The highest BCUT2D eigenvalue weighted by molar-refractivity contribution is 5.97. The van der Waals surface area contributed by atoms with Crippen molar-refractivity contribution in [1.29, 1.82) is 0 Å². The average molecular weight is 480 g/mol. The molecule has 1 aromatic carbocycles. The second-order valence-corrected chi connectivity index (χ2v) is 9.77. The van der Waals surface area contributed by atoms with Gasteiger partial charge in [0.05, 0.1) is 23.7 Å². The number of hydrogen-bond donors (Lipinski definition) is 0. The Bertz CT molecular complexity index is 860. The molecule has 0 radical (unpaired) electrons. The smallest absolute Gasteiger partial charge is 0.387 e. The van der Waals surface area contributed by atoms with Crippen LogP contribution in [0.4, 0.5) is 8.78 Å². The van der Waals surface area contributed by atoms with E-state index in [4.69, 9.17) is 4.74 Å². The Morgan fingerprint density at radius 1 is 1.06 bits per heavy atom. The lowest BCUT2D eigenvalue weighted by Crippen LogP contribution is -2.53. The van der Waals surface area contributed by atoms with Crippen LogP contribution in [0.25, 0.3) is 0 Å². The van der Waals surface area contributed by atoms with Gasteiger partial charge in [-0.05, 0) is 51.7 Å². The predicted octanol–water partition coefficient (Wildman–Crippen LogP) is 3.24. The summed E-state index contributed by atoms with van der Waals surface area (Å²) < 4.78 is 36.0. The largest absolute Gasteiger partial charge is 0.434 e. The molecule has 3 aliphatic rings. The predicted molar refractivity (Wildman–Crippen MR) is 123 cm³/mol. The van der Waals surface area contributed by atoms with Crippen molar-refractivity contribution in [3.05, 3.63) is 29.8 Å². The Morgan fingerprint density at radius 3 is 2.50 bits per heavy atom. The highest BCUT2D eigenvalue weighted by Crippen LogP contribution is 2.28. The molecule has 4 rings (SSSR count). The number of carbonyl (C=O) groups is 2. The molecule has 7 nitrogen and oxygen atoms in total. The molecule has 0 aliphatic carbocycles. The lowest BCUT2D eigenvalue weighted by molar-refractivity contribution is -0.138. The van der Waals surface area contributed by atoms with Gasteiger partial charge in [0.25, 0.3) is 5.91 Å². The monoisotopic (exact) mass is 479 g/mol. The third-order valence-electron chi connectivity index (χ3n) is 7.02. The van der Waals surface area contributed by atoms with Gasteiger partial charge in [-0.25, -0.2) is 0 Å². The zero-order valence-electron chi connectivity index (χ0n) is 20.0. The van der Waals surface area contributed by atoms with Crippen LogP contribution in [-0.4, -0.2) is 90.6 Å². The number of ether oxygens (including phenoxy) is 2. The molecule has 9 heteroatoms. The number of halogens is 2. The molecule has 3 fully saturated rings. The number of likely N-dealkylation sites (tertiary alicyclic amines) is 2. The first-order chi connectivity index (χ1) is 16.3. The van der Waals surface area contributed by atoms with Crippen LogP contribution in [0.5, 0.6) is 5.75 Å². The van der Waals surface area contributed by atoms with Crippen LogP contribution < -0.4 is 4.74 Å². The highest BCUT2D eigenvalue weighted by atomic mass is 19.3. The first-order valence-electron chi connectivity index (χ1n) is 12.3. The van der Waals surface area contributed by atoms with E-state index < -0.39 is 6.61 Å². The summed E-state index contributed by atoms with van der Waals surface area (Å²) in [6, 6.07) is 6.22. The zero-order valence-corrected chi connectivity index (χ0v) is 20.0. The molecule has 4 atom stereocenters. The van der Waals surface area contributed by atoms with E-state index in [0.29, 0.717) is 19.5 Å². The van der Waals surface area contributed by atoms with Crippen molar-refractivity contribution in [3.63, 3.8) is 0 Å². The third kappa shape index (κ3) is 5.86. The molecule has 0 N–H and O–H groups in total. The van der Waals surface area contributed by atoms with Gasteiger partial charge in [-0.3, -0.25) is 14.5 Å². The first-order valence-corrected chi connectivity index (χ1v) is 12.3. The molecular formula is C25H35F2N3O4. The molecule has 0 saturated carbocycles. The van der Waals surface area contributed by atoms with E-state index >= 15 is 0 Å². The standard InChI is InChI=1S/C25H35F2N3O4/c1-17-13-28(14-18(2)33-17)16-20-8-6-12-30(20)23(31)19-7-5-11-29(15-19)24(32)21-9-3-4-10-22(21)34-25(26)27/h3-4,9-10,17-20,25H,5-8,11-16H2,1-2H3. The molecule has 0 aromatic heterocycles. The summed E-state index contributed by atoms with van der Waals surface area (Å²) in [6.07, 6.45) is 3.77. The van der Waals surface area contributed by atoms with Gasteiger partial charge >= 0.3 is 6.61 Å². The summed E-state index contributed by atoms with van der Waals surface area (Å²) in [5, 5.41) is 0. The Balaban J connectivity index is 1.40. The van der Waals surface area contributed by atoms with Crippen molar-refractivity contribution >= 4 is 11.8 Å². The van der Waals surface area contributed by atoms with E-state index in [1.54, 1.807) is 17.0 Å². The van der Waals surface area contributed by atoms with E-state index in [1.165, 1.54) is 12.1 Å². The lowest BCUT2D eigenvalue weighted by Gasteiger charge is -2.39. The van der Waals surface area contributed by atoms with Crippen molar-refractivity contribution in [2.75, 3.05) is 39.3 Å². The number of piperidine rings is 1. The van der Waals surface area contributed by atoms with Crippen LogP contribution in [0, 0.1) is 5.92 Å². The van der Waals surface area contributed by atoms with Gasteiger partial charge in [-0.1, -0.05) is 12.1 Å². The molecule has 0 spiro atoms. The maximum atomic E-state index is 13.5. The fourth-order valence-electron chi connectivity index (χ4n) is 5.66. The zero-order chi connectivity index (χ0) is 24.2. The molecule has 3 heterocycles. The number of hydrogen-bond acceptors (Lipinski definition) is 5. The second-order valence-electron chi connectivity index (χ2n) is 9.77. The normalized spacial score (nSPS) is 28.4. The van der Waals surface area contributed by atoms with E-state index in [9.17, 15) is 18.4 Å². The van der Waals surface area contributed by atoms with Crippen molar-refractivity contribution in [1.82, 2.24) is 14.7 Å². The molecule has 188 valence electrons. The van der Waals surface area contributed by atoms with Crippen LogP contribution in [0.15, 0.2) is 24.3 Å². The van der Waals surface area contributed by atoms with Crippen molar-refractivity contribution in [2.45, 2.75) is 64.4 Å². The van der Waals surface area contributed by atoms with E-state index in [-0.39, 0.29) is 47.3 Å². The van der Waals surface area contributed by atoms with Gasteiger partial charge in [0.15, 0.2) is 0 Å². The third-order valence-corrected chi connectivity index (χ3v) is 7.02. The Kier molecular flexibility index (Phi) is 8.03. The summed E-state index contributed by atoms with van der Waals surface area (Å²) in [5.74, 6) is -0.678. The van der Waals surface area contributed by atoms with Crippen LogP contribution in [-0.2, 0) is 9.53 Å². The van der Waals surface area contributed by atoms with E-state index in [1.807, 2.05) is 4.90 Å². The molecule has 3 saturated heterocycles. The molecule has 4 unspecified atom stereocenters. The lowest BCUT2D eigenvalue weighted by atomic mass is 9.95. The van der Waals surface area contributed by atoms with Crippen molar-refractivity contribution in [2.24, 2.45) is 5.92 Å². The minimum Gasteiger partial charge on any atom is -0.434 e. The number of para-hydroxylation sites is 1. The number of benzene rings is 1. The fraction of sp³-hybridized carbons (Fsp3) is 0.680. The van der Waals surface area contributed by atoms with Gasteiger partial charge < -0.3 is 19.3 Å². The number of carbonyl (C=O) groups excluding carboxylic acids is 2. The Hall–Kier alpha value is -2.26. The van der Waals surface area contributed by atoms with E-state index in [2.05, 4.69) is 23.5 Å². The first kappa shape index (κ1) is 24.9. The maximum Gasteiger partial charge on any atom is 0.387 e. The average Bonchev–Trinajstić information content (AvgIpc) is 3.25. The summed E-state index contributed by atoms with van der Waals surface area (Å²) in [6.45, 7) is 5.29. The maximum absolute atomic E-state index is 13.5. The van der Waals surface area contributed by atoms with Gasteiger partial charge in [-0.15, -0.1) is 0 Å². The number of morpholine rings is 1. The minimum absolute atomic E-state index is 0.102. The van der Waals surface area contributed by atoms with E-state index in [0.717, 1.165) is 45.4 Å². The van der Waals surface area contributed by atoms with Crippen molar-refractivity contribution < 1.29 is 27.8 Å². The van der Waals surface area contributed by atoms with Gasteiger partial charge in [-0.2, -0.15) is 8.78 Å².